The minimum Gasteiger partial charge on any atom is -0.311 e. The van der Waals surface area contributed by atoms with E-state index in [9.17, 15) is 17.6 Å². The Balaban J connectivity index is 1.81. The molecule has 1 fully saturated rings. The molecule has 1 aliphatic rings. The summed E-state index contributed by atoms with van der Waals surface area (Å²) in [5.41, 5.74) is 2.91. The van der Waals surface area contributed by atoms with Crippen molar-refractivity contribution in [2.45, 2.75) is 38.1 Å². The second kappa shape index (κ2) is 6.81. The molecule has 1 amide bonds. The molecular weight excluding hydrogens is 355 g/mol. The summed E-state index contributed by atoms with van der Waals surface area (Å²) < 4.78 is 41.4. The van der Waals surface area contributed by atoms with E-state index in [1.165, 1.54) is 29.2 Å². The summed E-state index contributed by atoms with van der Waals surface area (Å²) in [5.74, 6) is -0.579. The number of rotatable bonds is 4. The lowest BCUT2D eigenvalue weighted by Crippen LogP contribution is -2.37. The van der Waals surface area contributed by atoms with Gasteiger partial charge >= 0.3 is 0 Å². The van der Waals surface area contributed by atoms with Crippen molar-refractivity contribution in [1.82, 2.24) is 4.72 Å². The van der Waals surface area contributed by atoms with Gasteiger partial charge in [-0.1, -0.05) is 17.7 Å². The highest BCUT2D eigenvalue weighted by atomic mass is 32.2. The summed E-state index contributed by atoms with van der Waals surface area (Å²) in [6.07, 6.45) is 0.0700. The average molecular weight is 376 g/mol. The predicted octanol–water partition coefficient (Wildman–Crippen LogP) is 2.83. The van der Waals surface area contributed by atoms with Gasteiger partial charge in [-0.15, -0.1) is 0 Å². The number of benzene rings is 2. The van der Waals surface area contributed by atoms with Crippen molar-refractivity contribution in [2.24, 2.45) is 0 Å². The lowest BCUT2D eigenvalue weighted by Gasteiger charge is -2.18. The highest BCUT2D eigenvalue weighted by Crippen LogP contribution is 2.25. The van der Waals surface area contributed by atoms with Gasteiger partial charge in [0.2, 0.25) is 15.9 Å². The third kappa shape index (κ3) is 3.64. The van der Waals surface area contributed by atoms with Crippen LogP contribution in [0.15, 0.2) is 41.3 Å². The van der Waals surface area contributed by atoms with Crippen molar-refractivity contribution in [1.29, 1.82) is 0 Å². The number of carbonyl (C=O) groups excluding carboxylic acids is 1. The van der Waals surface area contributed by atoms with Gasteiger partial charge < -0.3 is 4.90 Å². The van der Waals surface area contributed by atoms with Crippen LogP contribution in [0.2, 0.25) is 0 Å². The number of nitrogens with one attached hydrogen (secondary N) is 1. The molecule has 1 N–H and O–H groups in total. The molecule has 0 aliphatic carbocycles. The van der Waals surface area contributed by atoms with Crippen LogP contribution in [0.3, 0.4) is 0 Å². The molecule has 0 bridgehead atoms. The van der Waals surface area contributed by atoms with E-state index >= 15 is 0 Å². The van der Waals surface area contributed by atoms with Crippen LogP contribution in [-0.2, 0) is 14.8 Å². The molecule has 0 spiro atoms. The topological polar surface area (TPSA) is 66.5 Å². The zero-order chi connectivity index (χ0) is 19.1. The number of anilines is 1. The standard InChI is InChI=1S/C19H21FN2O3S/c1-12-8-13(2)19(14(3)9-12)26(24,25)21-16-10-18(23)22(11-16)17-6-4-15(20)5-7-17/h4-9,16,21H,10-11H2,1-3H3/t16-/m1/s1. The van der Waals surface area contributed by atoms with E-state index in [1.807, 2.05) is 19.1 Å². The quantitative estimate of drug-likeness (QED) is 0.892. The summed E-state index contributed by atoms with van der Waals surface area (Å²) >= 11 is 0. The molecule has 1 heterocycles. The van der Waals surface area contributed by atoms with Crippen LogP contribution in [0.4, 0.5) is 10.1 Å². The first-order valence-corrected chi connectivity index (χ1v) is 9.82. The van der Waals surface area contributed by atoms with E-state index in [-0.39, 0.29) is 29.6 Å². The smallest absolute Gasteiger partial charge is 0.241 e. The highest BCUT2D eigenvalue weighted by Gasteiger charge is 2.34. The summed E-state index contributed by atoms with van der Waals surface area (Å²) in [7, 11) is -3.75. The number of sulfonamides is 1. The van der Waals surface area contributed by atoms with Gasteiger partial charge in [-0.3, -0.25) is 4.79 Å². The van der Waals surface area contributed by atoms with Crippen LogP contribution in [0.5, 0.6) is 0 Å². The molecule has 3 rings (SSSR count). The fourth-order valence-corrected chi connectivity index (χ4v) is 5.21. The molecule has 0 radical (unpaired) electrons. The summed E-state index contributed by atoms with van der Waals surface area (Å²) in [5, 5.41) is 0. The molecule has 0 saturated carbocycles. The van der Waals surface area contributed by atoms with E-state index in [2.05, 4.69) is 4.72 Å². The number of hydrogen-bond donors (Lipinski definition) is 1. The fraction of sp³-hybridized carbons (Fsp3) is 0.316. The van der Waals surface area contributed by atoms with E-state index in [0.717, 1.165) is 5.56 Å². The molecule has 2 aromatic rings. The summed E-state index contributed by atoms with van der Waals surface area (Å²) in [6.45, 7) is 5.66. The SMILES string of the molecule is Cc1cc(C)c(S(=O)(=O)N[C@@H]2CC(=O)N(c3ccc(F)cc3)C2)c(C)c1. The van der Waals surface area contributed by atoms with E-state index < -0.39 is 16.1 Å². The van der Waals surface area contributed by atoms with Crippen LogP contribution in [0.25, 0.3) is 0 Å². The molecule has 5 nitrogen and oxygen atoms in total. The van der Waals surface area contributed by atoms with Crippen LogP contribution in [-0.4, -0.2) is 26.9 Å². The Hall–Kier alpha value is -2.25. The Bertz CT molecular complexity index is 932. The molecule has 138 valence electrons. The zero-order valence-electron chi connectivity index (χ0n) is 14.9. The average Bonchev–Trinajstić information content (AvgIpc) is 2.86. The maximum absolute atomic E-state index is 13.1. The Kier molecular flexibility index (Phi) is 4.86. The van der Waals surface area contributed by atoms with Crippen LogP contribution < -0.4 is 9.62 Å². The zero-order valence-corrected chi connectivity index (χ0v) is 15.7. The molecule has 1 aliphatic heterocycles. The summed E-state index contributed by atoms with van der Waals surface area (Å²) in [6, 6.07) is 8.70. The van der Waals surface area contributed by atoms with Crippen molar-refractivity contribution < 1.29 is 17.6 Å². The molecule has 0 unspecified atom stereocenters. The molecule has 1 saturated heterocycles. The Morgan fingerprint density at radius 3 is 2.23 bits per heavy atom. The van der Waals surface area contributed by atoms with Gasteiger partial charge in [-0.05, 0) is 56.2 Å². The molecule has 2 aromatic carbocycles. The van der Waals surface area contributed by atoms with Crippen molar-refractivity contribution in [2.75, 3.05) is 11.4 Å². The van der Waals surface area contributed by atoms with Gasteiger partial charge in [-0.2, -0.15) is 0 Å². The van der Waals surface area contributed by atoms with Gasteiger partial charge in [0, 0.05) is 24.7 Å². The largest absolute Gasteiger partial charge is 0.311 e. The van der Waals surface area contributed by atoms with Crippen LogP contribution in [0, 0.1) is 26.6 Å². The fourth-order valence-electron chi connectivity index (χ4n) is 3.53. The number of aryl methyl sites for hydroxylation is 3. The van der Waals surface area contributed by atoms with E-state index in [0.29, 0.717) is 16.8 Å². The maximum atomic E-state index is 13.1. The van der Waals surface area contributed by atoms with E-state index in [4.69, 9.17) is 0 Å². The predicted molar refractivity (Wildman–Crippen MR) is 98.1 cm³/mol. The molecule has 26 heavy (non-hydrogen) atoms. The van der Waals surface area contributed by atoms with Crippen molar-refractivity contribution in [3.63, 3.8) is 0 Å². The Labute approximate surface area is 152 Å². The van der Waals surface area contributed by atoms with Crippen LogP contribution >= 0.6 is 0 Å². The summed E-state index contributed by atoms with van der Waals surface area (Å²) in [4.78, 5) is 14.0. The first-order chi connectivity index (χ1) is 12.2. The second-order valence-electron chi connectivity index (χ2n) is 6.73. The van der Waals surface area contributed by atoms with Gasteiger partial charge in [0.15, 0.2) is 0 Å². The number of carbonyl (C=O) groups is 1. The van der Waals surface area contributed by atoms with E-state index in [1.54, 1.807) is 13.8 Å². The molecule has 1 atom stereocenters. The number of hydrogen-bond acceptors (Lipinski definition) is 3. The van der Waals surface area contributed by atoms with Gasteiger partial charge in [0.05, 0.1) is 4.90 Å². The number of amides is 1. The number of nitrogens with zero attached hydrogens (tertiary/aromatic N) is 1. The normalized spacial score (nSPS) is 17.8. The van der Waals surface area contributed by atoms with Crippen molar-refractivity contribution >= 4 is 21.6 Å². The minimum atomic E-state index is -3.75. The van der Waals surface area contributed by atoms with Crippen LogP contribution in [0.1, 0.15) is 23.1 Å². The first kappa shape index (κ1) is 18.5. The monoisotopic (exact) mass is 376 g/mol. The Morgan fingerprint density at radius 2 is 1.65 bits per heavy atom. The lowest BCUT2D eigenvalue weighted by atomic mass is 10.1. The number of halogens is 1. The van der Waals surface area contributed by atoms with Crippen molar-refractivity contribution in [3.8, 4) is 0 Å². The molecule has 7 heteroatoms. The highest BCUT2D eigenvalue weighted by molar-refractivity contribution is 7.89. The lowest BCUT2D eigenvalue weighted by molar-refractivity contribution is -0.117. The van der Waals surface area contributed by atoms with Gasteiger partial charge in [-0.25, -0.2) is 17.5 Å². The third-order valence-corrected chi connectivity index (χ3v) is 6.28. The van der Waals surface area contributed by atoms with Gasteiger partial charge in [0.25, 0.3) is 0 Å². The maximum Gasteiger partial charge on any atom is 0.241 e. The van der Waals surface area contributed by atoms with Crippen molar-refractivity contribution in [3.05, 3.63) is 58.9 Å². The third-order valence-electron chi connectivity index (χ3n) is 4.46. The molecular formula is C19H21FN2O3S. The first-order valence-electron chi connectivity index (χ1n) is 8.33. The minimum absolute atomic E-state index is 0.0700. The van der Waals surface area contributed by atoms with Gasteiger partial charge in [0.1, 0.15) is 5.82 Å². The second-order valence-corrected chi connectivity index (χ2v) is 8.38. The Morgan fingerprint density at radius 1 is 1.08 bits per heavy atom. The molecule has 0 aromatic heterocycles.